The van der Waals surface area contributed by atoms with Gasteiger partial charge in [0.1, 0.15) is 6.61 Å². The summed E-state index contributed by atoms with van der Waals surface area (Å²) in [6, 6.07) is 0. The van der Waals surface area contributed by atoms with E-state index in [2.05, 4.69) is 4.74 Å². The minimum absolute atomic E-state index is 0.0764. The summed E-state index contributed by atoms with van der Waals surface area (Å²) in [6.45, 7) is 3.37. The second kappa shape index (κ2) is 4.61. The van der Waals surface area contributed by atoms with Crippen LogP contribution >= 0.6 is 0 Å². The van der Waals surface area contributed by atoms with Gasteiger partial charge in [0.25, 0.3) is 5.92 Å². The number of halogens is 2. The van der Waals surface area contributed by atoms with Crippen LogP contribution in [-0.2, 0) is 4.74 Å². The van der Waals surface area contributed by atoms with E-state index >= 15 is 0 Å². The Labute approximate surface area is 60.4 Å². The molecule has 0 saturated heterocycles. The summed E-state index contributed by atoms with van der Waals surface area (Å²) in [5.41, 5.74) is 0. The molecule has 0 saturated carbocycles. The quantitative estimate of drug-likeness (QED) is 0.588. The van der Waals surface area contributed by atoms with E-state index in [1.807, 2.05) is 0 Å². The minimum Gasteiger partial charge on any atom is -0.375 e. The van der Waals surface area contributed by atoms with Crippen LogP contribution in [0.1, 0.15) is 26.7 Å². The molecule has 0 aromatic carbocycles. The monoisotopic (exact) mass is 152 g/mol. The van der Waals surface area contributed by atoms with Crippen LogP contribution in [0.5, 0.6) is 0 Å². The van der Waals surface area contributed by atoms with E-state index in [0.29, 0.717) is 13.0 Å². The lowest BCUT2D eigenvalue weighted by molar-refractivity contribution is -0.0799. The van der Waals surface area contributed by atoms with Crippen molar-refractivity contribution in [3.8, 4) is 0 Å². The van der Waals surface area contributed by atoms with Gasteiger partial charge in [0.05, 0.1) is 0 Å². The zero-order valence-corrected chi connectivity index (χ0v) is 6.49. The molecule has 1 nitrogen and oxygen atoms in total. The molecule has 0 aromatic heterocycles. The van der Waals surface area contributed by atoms with Gasteiger partial charge in [-0.15, -0.1) is 0 Å². The van der Waals surface area contributed by atoms with Crippen LogP contribution in [-0.4, -0.2) is 19.1 Å². The van der Waals surface area contributed by atoms with E-state index in [9.17, 15) is 8.78 Å². The van der Waals surface area contributed by atoms with Gasteiger partial charge in [-0.2, -0.15) is 0 Å². The molecule has 10 heavy (non-hydrogen) atoms. The molecule has 0 radical (unpaired) electrons. The molecule has 0 bridgehead atoms. The third-order valence-electron chi connectivity index (χ3n) is 1.13. The topological polar surface area (TPSA) is 9.23 Å². The summed E-state index contributed by atoms with van der Waals surface area (Å²) < 4.78 is 29.6. The van der Waals surface area contributed by atoms with E-state index in [1.54, 1.807) is 13.8 Å². The third kappa shape index (κ3) is 4.68. The van der Waals surface area contributed by atoms with Crippen molar-refractivity contribution < 1.29 is 13.5 Å². The lowest BCUT2D eigenvalue weighted by atomic mass is 10.2. The molecule has 0 fully saturated rings. The average Bonchev–Trinajstić information content (AvgIpc) is 1.84. The molecule has 0 heterocycles. The summed E-state index contributed by atoms with van der Waals surface area (Å²) in [4.78, 5) is 0. The fraction of sp³-hybridized carbons (Fsp3) is 1.00. The fourth-order valence-corrected chi connectivity index (χ4v) is 0.689. The molecule has 0 rings (SSSR count). The second-order valence-corrected chi connectivity index (χ2v) is 2.24. The Balaban J connectivity index is 3.42. The Morgan fingerprint density at radius 2 is 1.90 bits per heavy atom. The average molecular weight is 152 g/mol. The van der Waals surface area contributed by atoms with Crippen LogP contribution in [0.25, 0.3) is 0 Å². The minimum atomic E-state index is -2.62. The van der Waals surface area contributed by atoms with Gasteiger partial charge in [0, 0.05) is 13.0 Å². The Hall–Kier alpha value is -0.180. The van der Waals surface area contributed by atoms with Crippen LogP contribution in [0.4, 0.5) is 8.78 Å². The van der Waals surface area contributed by atoms with Crippen molar-refractivity contribution >= 4 is 0 Å². The van der Waals surface area contributed by atoms with Crippen molar-refractivity contribution in [3.63, 3.8) is 0 Å². The highest BCUT2D eigenvalue weighted by atomic mass is 19.3. The number of alkyl halides is 2. The lowest BCUT2D eigenvalue weighted by Crippen LogP contribution is -2.23. The molecule has 0 atom stereocenters. The first-order chi connectivity index (χ1) is 4.62. The Morgan fingerprint density at radius 1 is 1.30 bits per heavy atom. The zero-order valence-electron chi connectivity index (χ0n) is 6.49. The molecule has 62 valence electrons. The first-order valence-electron chi connectivity index (χ1n) is 3.58. The van der Waals surface area contributed by atoms with Gasteiger partial charge < -0.3 is 4.74 Å². The normalized spacial score (nSPS) is 12.0. The van der Waals surface area contributed by atoms with Gasteiger partial charge >= 0.3 is 0 Å². The van der Waals surface area contributed by atoms with Gasteiger partial charge in [-0.1, -0.05) is 13.3 Å². The smallest absolute Gasteiger partial charge is 0.270 e. The molecule has 0 aliphatic carbocycles. The van der Waals surface area contributed by atoms with Crippen LogP contribution in [0.15, 0.2) is 0 Å². The van der Waals surface area contributed by atoms with Crippen molar-refractivity contribution in [1.29, 1.82) is 0 Å². The molecule has 0 unspecified atom stereocenters. The van der Waals surface area contributed by atoms with E-state index < -0.39 is 12.5 Å². The Kier molecular flexibility index (Phi) is 4.52. The molecule has 3 heteroatoms. The van der Waals surface area contributed by atoms with E-state index in [4.69, 9.17) is 0 Å². The highest BCUT2D eigenvalue weighted by molar-refractivity contribution is 4.63. The van der Waals surface area contributed by atoms with Crippen LogP contribution in [0.2, 0.25) is 0 Å². The van der Waals surface area contributed by atoms with Gasteiger partial charge in [0.2, 0.25) is 0 Å². The van der Waals surface area contributed by atoms with Gasteiger partial charge in [0.15, 0.2) is 0 Å². The molecule has 0 aromatic rings. The zero-order chi connectivity index (χ0) is 8.04. The standard InChI is InChI=1S/C7H14F2O/c1-3-5-7(8,9)6-10-4-2/h3-6H2,1-2H3. The fourth-order valence-electron chi connectivity index (χ4n) is 0.689. The molecular formula is C7H14F2O. The van der Waals surface area contributed by atoms with Gasteiger partial charge in [-0.25, -0.2) is 8.78 Å². The maximum atomic E-state index is 12.5. The van der Waals surface area contributed by atoms with E-state index in [-0.39, 0.29) is 6.42 Å². The molecule has 0 amide bonds. The van der Waals surface area contributed by atoms with Crippen molar-refractivity contribution in [2.45, 2.75) is 32.6 Å². The van der Waals surface area contributed by atoms with Crippen molar-refractivity contribution in [1.82, 2.24) is 0 Å². The molecule has 0 aliphatic rings. The summed E-state index contributed by atoms with van der Waals surface area (Å²) in [5.74, 6) is -2.62. The Bertz CT molecular complexity index is 83.7. The van der Waals surface area contributed by atoms with Gasteiger partial charge in [-0.05, 0) is 6.92 Å². The number of rotatable bonds is 5. The maximum Gasteiger partial charge on any atom is 0.270 e. The highest BCUT2D eigenvalue weighted by Crippen LogP contribution is 2.19. The summed E-state index contributed by atoms with van der Waals surface area (Å²) in [7, 11) is 0. The number of hydrogen-bond donors (Lipinski definition) is 0. The predicted molar refractivity (Wildman–Crippen MR) is 36.3 cm³/mol. The summed E-state index contributed by atoms with van der Waals surface area (Å²) in [5, 5.41) is 0. The van der Waals surface area contributed by atoms with Crippen LogP contribution in [0, 0.1) is 0 Å². The number of hydrogen-bond acceptors (Lipinski definition) is 1. The first-order valence-corrected chi connectivity index (χ1v) is 3.58. The maximum absolute atomic E-state index is 12.5. The van der Waals surface area contributed by atoms with Crippen molar-refractivity contribution in [3.05, 3.63) is 0 Å². The van der Waals surface area contributed by atoms with Crippen LogP contribution < -0.4 is 0 Å². The molecule has 0 aliphatic heterocycles. The SMILES string of the molecule is CCCC(F)(F)COCC. The molecule has 0 N–H and O–H groups in total. The van der Waals surface area contributed by atoms with E-state index in [1.165, 1.54) is 0 Å². The third-order valence-corrected chi connectivity index (χ3v) is 1.13. The second-order valence-electron chi connectivity index (χ2n) is 2.24. The highest BCUT2D eigenvalue weighted by Gasteiger charge is 2.27. The lowest BCUT2D eigenvalue weighted by Gasteiger charge is -2.14. The van der Waals surface area contributed by atoms with Crippen molar-refractivity contribution in [2.24, 2.45) is 0 Å². The summed E-state index contributed by atoms with van der Waals surface area (Å²) in [6.07, 6.45) is 0.424. The van der Waals surface area contributed by atoms with Gasteiger partial charge in [-0.3, -0.25) is 0 Å². The van der Waals surface area contributed by atoms with Crippen LogP contribution in [0.3, 0.4) is 0 Å². The largest absolute Gasteiger partial charge is 0.375 e. The number of ether oxygens (including phenoxy) is 1. The Morgan fingerprint density at radius 3 is 2.30 bits per heavy atom. The molecular weight excluding hydrogens is 138 g/mol. The van der Waals surface area contributed by atoms with Crippen molar-refractivity contribution in [2.75, 3.05) is 13.2 Å². The summed E-state index contributed by atoms with van der Waals surface area (Å²) >= 11 is 0. The predicted octanol–water partition coefficient (Wildman–Crippen LogP) is 2.46. The first kappa shape index (κ1) is 9.82. The van der Waals surface area contributed by atoms with E-state index in [0.717, 1.165) is 0 Å². The molecule has 0 spiro atoms.